The predicted molar refractivity (Wildman–Crippen MR) is 121 cm³/mol. The van der Waals surface area contributed by atoms with Gasteiger partial charge in [0.15, 0.2) is 6.10 Å². The van der Waals surface area contributed by atoms with E-state index in [-0.39, 0.29) is 12.2 Å². The molecule has 3 aliphatic heterocycles. The summed E-state index contributed by atoms with van der Waals surface area (Å²) >= 11 is 0. The number of alkyl carbamates (subject to hydrolysis) is 1. The van der Waals surface area contributed by atoms with Gasteiger partial charge in [0.2, 0.25) is 0 Å². The third-order valence-electron chi connectivity index (χ3n) is 6.11. The number of hydrogen-bond donors (Lipinski definition) is 3. The van der Waals surface area contributed by atoms with Crippen LogP contribution >= 0.6 is 0 Å². The van der Waals surface area contributed by atoms with Crippen LogP contribution in [0.4, 0.5) is 4.79 Å². The van der Waals surface area contributed by atoms with Gasteiger partial charge in [-0.15, -0.1) is 0 Å². The van der Waals surface area contributed by atoms with Gasteiger partial charge in [0.25, 0.3) is 0 Å². The topological polar surface area (TPSA) is 84.1 Å². The molecule has 0 spiro atoms. The largest absolute Gasteiger partial charge is 0.441 e. The zero-order chi connectivity index (χ0) is 22.7. The Morgan fingerprint density at radius 3 is 2.66 bits per heavy atom. The Kier molecular flexibility index (Phi) is 6.72. The molecule has 32 heavy (non-hydrogen) atoms. The molecule has 1 unspecified atom stereocenters. The van der Waals surface area contributed by atoms with E-state index in [1.54, 1.807) is 7.11 Å². The van der Waals surface area contributed by atoms with Gasteiger partial charge in [0.05, 0.1) is 25.0 Å². The molecular formula is C24H32N4O4. The molecular weight excluding hydrogens is 408 g/mol. The van der Waals surface area contributed by atoms with Gasteiger partial charge >= 0.3 is 6.09 Å². The Morgan fingerprint density at radius 2 is 1.94 bits per heavy atom. The fourth-order valence-corrected chi connectivity index (χ4v) is 4.41. The Balaban J connectivity index is 1.74. The molecule has 0 radical (unpaired) electrons. The van der Waals surface area contributed by atoms with Crippen LogP contribution in [0.1, 0.15) is 32.4 Å². The first-order valence-electron chi connectivity index (χ1n) is 11.1. The fourth-order valence-electron chi connectivity index (χ4n) is 4.41. The maximum Gasteiger partial charge on any atom is 0.407 e. The van der Waals surface area contributed by atoms with E-state index in [1.807, 2.05) is 37.3 Å². The van der Waals surface area contributed by atoms with E-state index in [0.717, 1.165) is 22.5 Å². The molecule has 3 heterocycles. The fraction of sp³-hybridized carbons (Fsp3) is 0.458. The number of benzene rings is 1. The summed E-state index contributed by atoms with van der Waals surface area (Å²) in [7, 11) is 1.64. The Hall–Kier alpha value is -2.97. The first-order valence-corrected chi connectivity index (χ1v) is 11.1. The van der Waals surface area contributed by atoms with Gasteiger partial charge in [-0.1, -0.05) is 30.3 Å². The SMILES string of the molecule is CCNC(=O)O[C@H]1[C@H](OCCOC)C2=C(N[C@@H]1c1ccccc1)C1NC(C)=C(C)N1C=C2. The number of nitrogens with one attached hydrogen (secondary N) is 3. The van der Waals surface area contributed by atoms with Crippen molar-refractivity contribution in [3.63, 3.8) is 0 Å². The second-order valence-electron chi connectivity index (χ2n) is 8.07. The molecule has 172 valence electrons. The number of fused-ring (bicyclic) bond motifs is 2. The highest BCUT2D eigenvalue weighted by Gasteiger charge is 2.46. The number of hydrogen-bond acceptors (Lipinski definition) is 7. The molecule has 3 aliphatic rings. The average Bonchev–Trinajstić information content (AvgIpc) is 3.09. The van der Waals surface area contributed by atoms with Gasteiger partial charge in [-0.3, -0.25) is 0 Å². The quantitative estimate of drug-likeness (QED) is 0.562. The molecule has 4 rings (SSSR count). The second kappa shape index (κ2) is 9.67. The van der Waals surface area contributed by atoms with Crippen molar-refractivity contribution in [2.24, 2.45) is 0 Å². The molecule has 0 saturated carbocycles. The monoisotopic (exact) mass is 440 g/mol. The van der Waals surface area contributed by atoms with Crippen molar-refractivity contribution < 1.29 is 19.0 Å². The highest BCUT2D eigenvalue weighted by Crippen LogP contribution is 2.39. The second-order valence-corrected chi connectivity index (χ2v) is 8.07. The number of methoxy groups -OCH3 is 1. The molecule has 0 bridgehead atoms. The van der Waals surface area contributed by atoms with Gasteiger partial charge in [-0.2, -0.15) is 0 Å². The number of rotatable bonds is 7. The van der Waals surface area contributed by atoms with Crippen LogP contribution in [0.3, 0.4) is 0 Å². The summed E-state index contributed by atoms with van der Waals surface area (Å²) in [6.07, 6.45) is 2.58. The maximum atomic E-state index is 12.5. The lowest BCUT2D eigenvalue weighted by Gasteiger charge is -2.44. The van der Waals surface area contributed by atoms with Crippen LogP contribution in [-0.2, 0) is 14.2 Å². The molecule has 0 saturated heterocycles. The molecule has 0 aliphatic carbocycles. The van der Waals surface area contributed by atoms with Crippen molar-refractivity contribution in [1.29, 1.82) is 0 Å². The number of nitrogens with zero attached hydrogens (tertiary/aromatic N) is 1. The summed E-state index contributed by atoms with van der Waals surface area (Å²) in [6, 6.07) is 9.75. The first-order chi connectivity index (χ1) is 15.5. The van der Waals surface area contributed by atoms with E-state index in [1.165, 1.54) is 5.70 Å². The van der Waals surface area contributed by atoms with Crippen molar-refractivity contribution in [3.05, 3.63) is 70.8 Å². The summed E-state index contributed by atoms with van der Waals surface area (Å²) in [6.45, 7) is 7.37. The van der Waals surface area contributed by atoms with Gasteiger partial charge < -0.3 is 35.1 Å². The Morgan fingerprint density at radius 1 is 1.16 bits per heavy atom. The predicted octanol–water partition coefficient (Wildman–Crippen LogP) is 2.74. The van der Waals surface area contributed by atoms with Gasteiger partial charge in [-0.05, 0) is 32.4 Å². The van der Waals surface area contributed by atoms with E-state index in [0.29, 0.717) is 19.8 Å². The average molecular weight is 441 g/mol. The minimum Gasteiger partial charge on any atom is -0.441 e. The van der Waals surface area contributed by atoms with E-state index < -0.39 is 18.3 Å². The van der Waals surface area contributed by atoms with Crippen LogP contribution < -0.4 is 16.0 Å². The Labute approximate surface area is 189 Å². The lowest BCUT2D eigenvalue weighted by Crippen LogP contribution is -2.55. The van der Waals surface area contributed by atoms with E-state index in [9.17, 15) is 4.79 Å². The smallest absolute Gasteiger partial charge is 0.407 e. The van der Waals surface area contributed by atoms with Crippen LogP contribution in [0.25, 0.3) is 0 Å². The minimum absolute atomic E-state index is 0.0554. The number of amides is 1. The lowest BCUT2D eigenvalue weighted by molar-refractivity contribution is -0.0580. The van der Waals surface area contributed by atoms with Gasteiger partial charge in [0.1, 0.15) is 12.3 Å². The standard InChI is InChI=1S/C24H32N4O4/c1-5-25-24(29)32-22-19(17-9-7-6-8-10-17)27-20-18(21(22)31-14-13-30-4)11-12-28-16(3)15(2)26-23(20)28/h6-12,19,21-23,26-27H,5,13-14H2,1-4H3,(H,25,29)/t19-,21-,22-,23?/m1/s1. The van der Waals surface area contributed by atoms with E-state index in [4.69, 9.17) is 14.2 Å². The van der Waals surface area contributed by atoms with Crippen molar-refractivity contribution in [2.75, 3.05) is 26.9 Å². The zero-order valence-electron chi connectivity index (χ0n) is 19.1. The van der Waals surface area contributed by atoms with E-state index in [2.05, 4.69) is 47.0 Å². The number of carbonyl (C=O) groups excluding carboxylic acids is 1. The molecule has 1 aromatic rings. The van der Waals surface area contributed by atoms with Crippen molar-refractivity contribution >= 4 is 6.09 Å². The highest BCUT2D eigenvalue weighted by atomic mass is 16.6. The lowest BCUT2D eigenvalue weighted by atomic mass is 9.86. The maximum absolute atomic E-state index is 12.5. The van der Waals surface area contributed by atoms with Crippen LogP contribution in [0.15, 0.2) is 65.3 Å². The van der Waals surface area contributed by atoms with Crippen LogP contribution in [0, 0.1) is 0 Å². The molecule has 0 aromatic heterocycles. The van der Waals surface area contributed by atoms with Gasteiger partial charge in [0, 0.05) is 36.8 Å². The van der Waals surface area contributed by atoms with Crippen LogP contribution in [-0.4, -0.2) is 56.2 Å². The minimum atomic E-state index is -0.563. The van der Waals surface area contributed by atoms with Crippen LogP contribution in [0.5, 0.6) is 0 Å². The summed E-state index contributed by atoms with van der Waals surface area (Å²) in [5.74, 6) is 0. The third kappa shape index (κ3) is 4.20. The molecule has 4 atom stereocenters. The summed E-state index contributed by atoms with van der Waals surface area (Å²) < 4.78 is 17.5. The normalized spacial score (nSPS) is 26.3. The summed E-state index contributed by atoms with van der Waals surface area (Å²) in [4.78, 5) is 14.7. The number of ether oxygens (including phenoxy) is 3. The first kappa shape index (κ1) is 22.2. The summed E-state index contributed by atoms with van der Waals surface area (Å²) in [5.41, 5.74) is 5.32. The molecule has 8 heteroatoms. The third-order valence-corrected chi connectivity index (χ3v) is 6.11. The van der Waals surface area contributed by atoms with Crippen molar-refractivity contribution in [2.45, 2.75) is 45.2 Å². The van der Waals surface area contributed by atoms with Gasteiger partial charge in [-0.25, -0.2) is 4.79 Å². The highest BCUT2D eigenvalue weighted by molar-refractivity contribution is 5.67. The van der Waals surface area contributed by atoms with Crippen molar-refractivity contribution in [1.82, 2.24) is 20.9 Å². The molecule has 1 aromatic carbocycles. The van der Waals surface area contributed by atoms with E-state index >= 15 is 0 Å². The van der Waals surface area contributed by atoms with Crippen molar-refractivity contribution in [3.8, 4) is 0 Å². The molecule has 1 amide bonds. The molecule has 8 nitrogen and oxygen atoms in total. The summed E-state index contributed by atoms with van der Waals surface area (Å²) in [5, 5.41) is 10.0. The molecule has 0 fully saturated rings. The zero-order valence-corrected chi connectivity index (χ0v) is 19.1. The number of carbonyl (C=O) groups is 1. The number of allylic oxidation sites excluding steroid dienone is 2. The molecule has 3 N–H and O–H groups in total. The Bertz CT molecular complexity index is 927. The van der Waals surface area contributed by atoms with Crippen LogP contribution in [0.2, 0.25) is 0 Å².